The van der Waals surface area contributed by atoms with Gasteiger partial charge in [0.15, 0.2) is 0 Å². The fraction of sp³-hybridized carbons (Fsp3) is 0.333. The summed E-state index contributed by atoms with van der Waals surface area (Å²) in [5.74, 6) is -0.0583. The normalized spacial score (nSPS) is 11.4. The highest BCUT2D eigenvalue weighted by atomic mass is 35.5. The second kappa shape index (κ2) is 4.83. The fourth-order valence-electron chi connectivity index (χ4n) is 1.06. The summed E-state index contributed by atoms with van der Waals surface area (Å²) < 4.78 is 26.4. The van der Waals surface area contributed by atoms with E-state index in [0.29, 0.717) is 11.6 Å². The minimum Gasteiger partial charge on any atom is -0.575 e. The molecule has 0 aromatic heterocycles. The van der Waals surface area contributed by atoms with Crippen LogP contribution in [0, 0.1) is 6.92 Å². The van der Waals surface area contributed by atoms with Crippen LogP contribution < -0.4 is 5.73 Å². The molecule has 0 bridgehead atoms. The molecule has 0 aliphatic heterocycles. The Labute approximate surface area is 94.5 Å². The Balaban J connectivity index is 2.90. The van der Waals surface area contributed by atoms with Gasteiger partial charge in [-0.2, -0.15) is 0 Å². The smallest absolute Gasteiger partial charge is 0.0993 e. The molecule has 0 unspecified atom stereocenters. The topological polar surface area (TPSA) is 75.9 Å². The van der Waals surface area contributed by atoms with Gasteiger partial charge in [-0.25, -0.2) is 8.42 Å². The standard InChI is InChI=1S/C9H12ClN2O2S/c1-7-2-3-9(8(10)6-7)12-15(13,14)5-4-11/h2-3,6H,4-5,11H2,1H3/q-1/p+1. The van der Waals surface area contributed by atoms with Crippen molar-refractivity contribution in [2.75, 3.05) is 12.3 Å². The Morgan fingerprint density at radius 3 is 2.67 bits per heavy atom. The van der Waals surface area contributed by atoms with Gasteiger partial charge in [0.2, 0.25) is 0 Å². The molecule has 3 N–H and O–H groups in total. The number of nitrogens with zero attached hydrogens (tertiary/aromatic N) is 1. The number of hydrogen-bond acceptors (Lipinski definition) is 2. The van der Waals surface area contributed by atoms with Crippen LogP contribution in [0.4, 0.5) is 5.69 Å². The van der Waals surface area contributed by atoms with E-state index in [1.807, 2.05) is 6.92 Å². The summed E-state index contributed by atoms with van der Waals surface area (Å²) in [5, 5.41) is 0.350. The van der Waals surface area contributed by atoms with Crippen LogP contribution in [0.15, 0.2) is 18.2 Å². The predicted octanol–water partition coefficient (Wildman–Crippen LogP) is 1.23. The monoisotopic (exact) mass is 248 g/mol. The van der Waals surface area contributed by atoms with Gasteiger partial charge >= 0.3 is 0 Å². The SMILES string of the molecule is Cc1ccc([N-]S(=O)(=O)CC[NH3+])c(Cl)c1. The molecule has 0 heterocycles. The fourth-order valence-corrected chi connectivity index (χ4v) is 2.31. The average Bonchev–Trinajstić information content (AvgIpc) is 2.09. The zero-order valence-electron chi connectivity index (χ0n) is 8.40. The van der Waals surface area contributed by atoms with Crippen molar-refractivity contribution in [1.82, 2.24) is 0 Å². The largest absolute Gasteiger partial charge is 0.575 e. The van der Waals surface area contributed by atoms with Gasteiger partial charge in [-0.3, -0.25) is 0 Å². The van der Waals surface area contributed by atoms with Crippen molar-refractivity contribution >= 4 is 27.3 Å². The molecule has 0 radical (unpaired) electrons. The summed E-state index contributed by atoms with van der Waals surface area (Å²) in [6.45, 7) is 2.18. The molecule has 6 heteroatoms. The van der Waals surface area contributed by atoms with Crippen molar-refractivity contribution in [3.63, 3.8) is 0 Å². The molecule has 0 spiro atoms. The summed E-state index contributed by atoms with van der Waals surface area (Å²) in [4.78, 5) is 0. The van der Waals surface area contributed by atoms with Gasteiger partial charge in [0.25, 0.3) is 0 Å². The van der Waals surface area contributed by atoms with Gasteiger partial charge in [-0.1, -0.05) is 23.7 Å². The summed E-state index contributed by atoms with van der Waals surface area (Å²) >= 11 is 5.86. The second-order valence-corrected chi connectivity index (χ2v) is 5.35. The van der Waals surface area contributed by atoms with E-state index in [2.05, 4.69) is 10.5 Å². The minimum atomic E-state index is -3.44. The molecule has 0 fully saturated rings. The molecule has 1 rings (SSSR count). The number of halogens is 1. The molecule has 0 aliphatic rings. The first-order valence-electron chi connectivity index (χ1n) is 4.46. The second-order valence-electron chi connectivity index (χ2n) is 3.19. The van der Waals surface area contributed by atoms with E-state index in [0.717, 1.165) is 5.56 Å². The van der Waals surface area contributed by atoms with Crippen molar-refractivity contribution in [2.45, 2.75) is 6.92 Å². The van der Waals surface area contributed by atoms with E-state index in [1.165, 1.54) is 0 Å². The third-order valence-corrected chi connectivity index (χ3v) is 3.33. The summed E-state index contributed by atoms with van der Waals surface area (Å²) in [6.07, 6.45) is 0. The van der Waals surface area contributed by atoms with Gasteiger partial charge in [0.05, 0.1) is 22.3 Å². The first-order valence-corrected chi connectivity index (χ1v) is 6.44. The lowest BCUT2D eigenvalue weighted by Gasteiger charge is -2.22. The quantitative estimate of drug-likeness (QED) is 0.870. The van der Waals surface area contributed by atoms with Gasteiger partial charge in [0.1, 0.15) is 0 Å². The third-order valence-electron chi connectivity index (χ3n) is 1.74. The Hall–Kier alpha value is -0.780. The molecule has 0 atom stereocenters. The maximum Gasteiger partial charge on any atom is 0.0993 e. The summed E-state index contributed by atoms with van der Waals surface area (Å²) in [6, 6.07) is 5.04. The minimum absolute atomic E-state index is 0.0583. The number of rotatable bonds is 4. The molecule has 4 nitrogen and oxygen atoms in total. The van der Waals surface area contributed by atoms with Crippen LogP contribution in [-0.4, -0.2) is 20.7 Å². The first kappa shape index (κ1) is 12.3. The molecule has 1 aromatic carbocycles. The predicted molar refractivity (Wildman–Crippen MR) is 60.7 cm³/mol. The number of hydrogen-bond donors (Lipinski definition) is 1. The Kier molecular flexibility index (Phi) is 3.96. The number of benzene rings is 1. The van der Waals surface area contributed by atoms with Crippen LogP contribution in [0.2, 0.25) is 5.02 Å². The van der Waals surface area contributed by atoms with Crippen molar-refractivity contribution < 1.29 is 14.2 Å². The molecule has 0 saturated heterocycles. The zero-order valence-corrected chi connectivity index (χ0v) is 9.98. The van der Waals surface area contributed by atoms with Crippen molar-refractivity contribution in [3.05, 3.63) is 33.5 Å². The van der Waals surface area contributed by atoms with Gasteiger partial charge in [-0.05, 0) is 18.6 Å². The highest BCUT2D eigenvalue weighted by Gasteiger charge is 2.01. The maximum absolute atomic E-state index is 11.4. The molecule has 0 aliphatic carbocycles. The third kappa shape index (κ3) is 3.70. The van der Waals surface area contributed by atoms with Crippen LogP contribution in [0.25, 0.3) is 4.72 Å². The highest BCUT2D eigenvalue weighted by Crippen LogP contribution is 2.31. The van der Waals surface area contributed by atoms with E-state index in [4.69, 9.17) is 11.6 Å². The lowest BCUT2D eigenvalue weighted by Crippen LogP contribution is -2.52. The van der Waals surface area contributed by atoms with E-state index >= 15 is 0 Å². The van der Waals surface area contributed by atoms with Crippen LogP contribution in [-0.2, 0) is 10.0 Å². The van der Waals surface area contributed by atoms with Crippen molar-refractivity contribution in [1.29, 1.82) is 0 Å². The summed E-state index contributed by atoms with van der Waals surface area (Å²) in [5.41, 5.74) is 4.73. The van der Waals surface area contributed by atoms with Crippen molar-refractivity contribution in [2.24, 2.45) is 0 Å². The number of aryl methyl sites for hydroxylation is 1. The Morgan fingerprint density at radius 1 is 1.47 bits per heavy atom. The lowest BCUT2D eigenvalue weighted by molar-refractivity contribution is -0.360. The van der Waals surface area contributed by atoms with Gasteiger partial charge < -0.3 is 10.5 Å². The van der Waals surface area contributed by atoms with Crippen LogP contribution in [0.5, 0.6) is 0 Å². The van der Waals surface area contributed by atoms with Crippen LogP contribution in [0.3, 0.4) is 0 Å². The highest BCUT2D eigenvalue weighted by molar-refractivity contribution is 7.94. The Morgan fingerprint density at radius 2 is 2.13 bits per heavy atom. The molecular weight excluding hydrogens is 236 g/mol. The van der Waals surface area contributed by atoms with E-state index in [9.17, 15) is 8.42 Å². The average molecular weight is 249 g/mol. The van der Waals surface area contributed by atoms with Gasteiger partial charge in [0, 0.05) is 5.02 Å². The molecule has 0 saturated carbocycles. The van der Waals surface area contributed by atoms with Crippen molar-refractivity contribution in [3.8, 4) is 0 Å². The van der Waals surface area contributed by atoms with E-state index < -0.39 is 10.0 Å². The molecule has 1 aromatic rings. The number of sulfonamides is 1. The molecule has 0 amide bonds. The van der Waals surface area contributed by atoms with E-state index in [-0.39, 0.29) is 11.4 Å². The Bertz CT molecular complexity index is 445. The number of quaternary nitrogens is 1. The summed E-state index contributed by atoms with van der Waals surface area (Å²) in [7, 11) is -3.44. The lowest BCUT2D eigenvalue weighted by atomic mass is 10.2. The first-order chi connectivity index (χ1) is 6.94. The van der Waals surface area contributed by atoms with Crippen LogP contribution in [0.1, 0.15) is 5.56 Å². The zero-order chi connectivity index (χ0) is 11.5. The van der Waals surface area contributed by atoms with E-state index in [1.54, 1.807) is 18.2 Å². The van der Waals surface area contributed by atoms with Gasteiger partial charge in [-0.15, -0.1) is 5.69 Å². The molecule has 84 valence electrons. The maximum atomic E-state index is 11.4. The van der Waals surface area contributed by atoms with Crippen LogP contribution >= 0.6 is 11.6 Å². The molecular formula is C9H13ClN2O2S. The molecule has 15 heavy (non-hydrogen) atoms.